The van der Waals surface area contributed by atoms with E-state index in [-0.39, 0.29) is 6.03 Å². The molecule has 0 atom stereocenters. The Labute approximate surface area is 105 Å². The van der Waals surface area contributed by atoms with Gasteiger partial charge in [0.05, 0.1) is 0 Å². The van der Waals surface area contributed by atoms with Crippen molar-refractivity contribution in [2.75, 3.05) is 11.9 Å². The van der Waals surface area contributed by atoms with Crippen molar-refractivity contribution in [3.8, 4) is 0 Å². The molecule has 18 heavy (non-hydrogen) atoms. The molecule has 0 spiro atoms. The number of hydrogen-bond acceptors (Lipinski definition) is 3. The van der Waals surface area contributed by atoms with Crippen LogP contribution in [0.3, 0.4) is 0 Å². The number of nitrogens with one attached hydrogen (secondary N) is 2. The van der Waals surface area contributed by atoms with E-state index < -0.39 is 0 Å². The van der Waals surface area contributed by atoms with Gasteiger partial charge in [0, 0.05) is 19.2 Å². The Balaban J connectivity index is 1.67. The number of aromatic nitrogens is 1. The third-order valence-electron chi connectivity index (χ3n) is 3.00. The summed E-state index contributed by atoms with van der Waals surface area (Å²) in [5, 5.41) is 5.65. The van der Waals surface area contributed by atoms with Gasteiger partial charge in [-0.05, 0) is 37.0 Å². The summed E-state index contributed by atoms with van der Waals surface area (Å²) in [7, 11) is 0. The molecule has 1 heterocycles. The Kier molecular flexibility index (Phi) is 2.66. The summed E-state index contributed by atoms with van der Waals surface area (Å²) in [5.74, 6) is 1.30. The van der Waals surface area contributed by atoms with E-state index in [1.165, 1.54) is 12.8 Å². The van der Waals surface area contributed by atoms with Crippen LogP contribution in [0.15, 0.2) is 22.6 Å². The molecule has 0 saturated heterocycles. The number of rotatable bonds is 3. The van der Waals surface area contributed by atoms with Gasteiger partial charge in [-0.15, -0.1) is 0 Å². The fourth-order valence-corrected chi connectivity index (χ4v) is 1.85. The summed E-state index contributed by atoms with van der Waals surface area (Å²) in [6.07, 6.45) is 2.45. The highest BCUT2D eigenvalue weighted by atomic mass is 16.3. The van der Waals surface area contributed by atoms with Crippen molar-refractivity contribution in [3.05, 3.63) is 24.1 Å². The molecule has 0 unspecified atom stereocenters. The van der Waals surface area contributed by atoms with Crippen molar-refractivity contribution >= 4 is 22.8 Å². The molecule has 2 N–H and O–H groups in total. The molecule has 1 fully saturated rings. The first-order chi connectivity index (χ1) is 8.70. The smallest absolute Gasteiger partial charge is 0.319 e. The molecule has 94 valence electrons. The van der Waals surface area contributed by atoms with Crippen LogP contribution < -0.4 is 10.6 Å². The number of oxazole rings is 1. The van der Waals surface area contributed by atoms with Crippen LogP contribution in [-0.2, 0) is 0 Å². The first-order valence-electron chi connectivity index (χ1n) is 6.13. The number of aryl methyl sites for hydroxylation is 1. The second-order valence-electron chi connectivity index (χ2n) is 4.69. The van der Waals surface area contributed by atoms with Crippen LogP contribution in [0.4, 0.5) is 10.5 Å². The van der Waals surface area contributed by atoms with E-state index in [1.807, 2.05) is 18.2 Å². The van der Waals surface area contributed by atoms with Gasteiger partial charge in [0.15, 0.2) is 11.5 Å². The number of carbonyl (C=O) groups is 1. The fraction of sp³-hybridized carbons (Fsp3) is 0.385. The Morgan fingerprint density at radius 3 is 3.11 bits per heavy atom. The number of anilines is 1. The van der Waals surface area contributed by atoms with Crippen LogP contribution in [0.1, 0.15) is 18.7 Å². The molecule has 1 aliphatic carbocycles. The predicted molar refractivity (Wildman–Crippen MR) is 68.5 cm³/mol. The molecule has 2 aromatic rings. The average Bonchev–Trinajstić information content (AvgIpc) is 3.08. The third-order valence-corrected chi connectivity index (χ3v) is 3.00. The van der Waals surface area contributed by atoms with Crippen LogP contribution >= 0.6 is 0 Å². The fourth-order valence-electron chi connectivity index (χ4n) is 1.85. The molecule has 2 amide bonds. The first kappa shape index (κ1) is 11.1. The van der Waals surface area contributed by atoms with Crippen LogP contribution in [0.25, 0.3) is 11.1 Å². The molecule has 1 aromatic carbocycles. The van der Waals surface area contributed by atoms with Gasteiger partial charge >= 0.3 is 6.03 Å². The standard InChI is InChI=1S/C13H15N3O2/c1-8-15-11-6-10(4-5-12(11)18-8)16-13(17)14-7-9-2-3-9/h4-6,9H,2-3,7H2,1H3,(H2,14,16,17). The molecule has 1 aliphatic rings. The minimum absolute atomic E-state index is 0.165. The summed E-state index contributed by atoms with van der Waals surface area (Å²) in [6.45, 7) is 2.56. The molecule has 0 bridgehead atoms. The molecule has 0 aliphatic heterocycles. The highest BCUT2D eigenvalue weighted by Crippen LogP contribution is 2.27. The summed E-state index contributed by atoms with van der Waals surface area (Å²) < 4.78 is 5.38. The highest BCUT2D eigenvalue weighted by Gasteiger charge is 2.21. The van der Waals surface area contributed by atoms with Crippen LogP contribution in [0.5, 0.6) is 0 Å². The molecule has 1 saturated carbocycles. The highest BCUT2D eigenvalue weighted by molar-refractivity contribution is 5.91. The number of urea groups is 1. The Hall–Kier alpha value is -2.04. The average molecular weight is 245 g/mol. The molecule has 1 aromatic heterocycles. The van der Waals surface area contributed by atoms with Gasteiger partial charge < -0.3 is 15.1 Å². The number of nitrogens with zero attached hydrogens (tertiary/aromatic N) is 1. The van der Waals surface area contributed by atoms with E-state index in [4.69, 9.17) is 4.42 Å². The topological polar surface area (TPSA) is 67.2 Å². The van der Waals surface area contributed by atoms with Crippen molar-refractivity contribution in [1.29, 1.82) is 0 Å². The normalized spacial score (nSPS) is 14.7. The zero-order chi connectivity index (χ0) is 12.5. The zero-order valence-electron chi connectivity index (χ0n) is 10.2. The molecular formula is C13H15N3O2. The second-order valence-corrected chi connectivity index (χ2v) is 4.69. The van der Waals surface area contributed by atoms with E-state index >= 15 is 0 Å². The van der Waals surface area contributed by atoms with Crippen LogP contribution in [-0.4, -0.2) is 17.6 Å². The van der Waals surface area contributed by atoms with E-state index in [0.29, 0.717) is 11.8 Å². The molecule has 3 rings (SSSR count). The first-order valence-corrected chi connectivity index (χ1v) is 6.13. The lowest BCUT2D eigenvalue weighted by Crippen LogP contribution is -2.30. The monoisotopic (exact) mass is 245 g/mol. The largest absolute Gasteiger partial charge is 0.441 e. The zero-order valence-corrected chi connectivity index (χ0v) is 10.2. The van der Waals surface area contributed by atoms with E-state index in [2.05, 4.69) is 15.6 Å². The number of benzene rings is 1. The summed E-state index contributed by atoms with van der Waals surface area (Å²) in [6, 6.07) is 5.26. The summed E-state index contributed by atoms with van der Waals surface area (Å²) in [5.41, 5.74) is 2.22. The van der Waals surface area contributed by atoms with Gasteiger partial charge in [0.2, 0.25) is 0 Å². The summed E-state index contributed by atoms with van der Waals surface area (Å²) in [4.78, 5) is 15.8. The molecule has 0 radical (unpaired) electrons. The van der Waals surface area contributed by atoms with Gasteiger partial charge in [0.25, 0.3) is 0 Å². The maximum Gasteiger partial charge on any atom is 0.319 e. The van der Waals surface area contributed by atoms with Crippen LogP contribution in [0, 0.1) is 12.8 Å². The van der Waals surface area contributed by atoms with Crippen LogP contribution in [0.2, 0.25) is 0 Å². The number of hydrogen-bond donors (Lipinski definition) is 2. The number of carbonyl (C=O) groups excluding carboxylic acids is 1. The molecule has 5 nitrogen and oxygen atoms in total. The number of amides is 2. The Morgan fingerprint density at radius 2 is 2.33 bits per heavy atom. The van der Waals surface area contributed by atoms with Crippen molar-refractivity contribution in [2.45, 2.75) is 19.8 Å². The van der Waals surface area contributed by atoms with Crippen molar-refractivity contribution in [2.24, 2.45) is 5.92 Å². The van der Waals surface area contributed by atoms with Gasteiger partial charge in [-0.2, -0.15) is 0 Å². The lowest BCUT2D eigenvalue weighted by atomic mass is 10.3. The van der Waals surface area contributed by atoms with Gasteiger partial charge in [0.1, 0.15) is 5.52 Å². The Bertz CT molecular complexity index is 587. The van der Waals surface area contributed by atoms with Crippen molar-refractivity contribution < 1.29 is 9.21 Å². The second kappa shape index (κ2) is 4.33. The van der Waals surface area contributed by atoms with E-state index in [9.17, 15) is 4.79 Å². The third kappa shape index (κ3) is 2.45. The lowest BCUT2D eigenvalue weighted by molar-refractivity contribution is 0.251. The van der Waals surface area contributed by atoms with Crippen molar-refractivity contribution in [1.82, 2.24) is 10.3 Å². The van der Waals surface area contributed by atoms with E-state index in [1.54, 1.807) is 6.92 Å². The summed E-state index contributed by atoms with van der Waals surface area (Å²) >= 11 is 0. The minimum Gasteiger partial charge on any atom is -0.441 e. The minimum atomic E-state index is -0.165. The lowest BCUT2D eigenvalue weighted by Gasteiger charge is -2.06. The van der Waals surface area contributed by atoms with Gasteiger partial charge in [-0.25, -0.2) is 9.78 Å². The SMILES string of the molecule is Cc1nc2cc(NC(=O)NCC3CC3)ccc2o1. The van der Waals surface area contributed by atoms with Gasteiger partial charge in [-0.1, -0.05) is 0 Å². The maximum absolute atomic E-state index is 11.6. The Morgan fingerprint density at radius 1 is 1.50 bits per heavy atom. The van der Waals surface area contributed by atoms with E-state index in [0.717, 1.165) is 23.3 Å². The molecular weight excluding hydrogens is 230 g/mol. The maximum atomic E-state index is 11.6. The molecule has 5 heteroatoms. The number of fused-ring (bicyclic) bond motifs is 1. The predicted octanol–water partition coefficient (Wildman–Crippen LogP) is 2.67. The van der Waals surface area contributed by atoms with Gasteiger partial charge in [-0.3, -0.25) is 0 Å². The quantitative estimate of drug-likeness (QED) is 0.873. The van der Waals surface area contributed by atoms with Crippen molar-refractivity contribution in [3.63, 3.8) is 0 Å².